The van der Waals surface area contributed by atoms with E-state index in [-0.39, 0.29) is 11.9 Å². The number of carbonyl (C=O) groups excluding carboxylic acids is 2. The number of ether oxygens (including phenoxy) is 1. The molecule has 1 aliphatic rings. The van der Waals surface area contributed by atoms with E-state index in [0.29, 0.717) is 23.7 Å². The maximum absolute atomic E-state index is 12.6. The van der Waals surface area contributed by atoms with Gasteiger partial charge in [-0.2, -0.15) is 0 Å². The van der Waals surface area contributed by atoms with Crippen LogP contribution in [0.1, 0.15) is 36.7 Å². The summed E-state index contributed by atoms with van der Waals surface area (Å²) in [5, 5.41) is 0.538. The van der Waals surface area contributed by atoms with Crippen LogP contribution >= 0.6 is 11.6 Å². The van der Waals surface area contributed by atoms with Gasteiger partial charge in [0, 0.05) is 19.3 Å². The second kappa shape index (κ2) is 6.31. The minimum Gasteiger partial charge on any atom is -0.467 e. The lowest BCUT2D eigenvalue weighted by Crippen LogP contribution is -2.41. The van der Waals surface area contributed by atoms with Crippen LogP contribution in [-0.4, -0.2) is 41.0 Å². The fraction of sp³-hybridized carbons (Fsp3) is 0.571. The van der Waals surface area contributed by atoms with Gasteiger partial charge in [0.15, 0.2) is 0 Å². The summed E-state index contributed by atoms with van der Waals surface area (Å²) in [4.78, 5) is 25.9. The van der Waals surface area contributed by atoms with E-state index >= 15 is 0 Å². The summed E-state index contributed by atoms with van der Waals surface area (Å²) < 4.78 is 6.61. The van der Waals surface area contributed by atoms with Crippen LogP contribution in [0.4, 0.5) is 0 Å². The molecule has 0 bridgehead atoms. The second-order valence-corrected chi connectivity index (χ2v) is 5.35. The molecule has 0 aliphatic carbocycles. The minimum absolute atomic E-state index is 0.154. The molecule has 1 aliphatic heterocycles. The maximum Gasteiger partial charge on any atom is 0.328 e. The highest BCUT2D eigenvalue weighted by molar-refractivity contribution is 6.31. The van der Waals surface area contributed by atoms with Crippen LogP contribution < -0.4 is 0 Å². The summed E-state index contributed by atoms with van der Waals surface area (Å²) in [6, 6.07) is 1.18. The number of methoxy groups -OCH3 is 1. The molecule has 20 heavy (non-hydrogen) atoms. The Hall–Kier alpha value is -1.49. The van der Waals surface area contributed by atoms with Crippen molar-refractivity contribution in [2.24, 2.45) is 0 Å². The molecular formula is C14H19ClN2O3. The standard InChI is InChI=1S/C14H19ClN2O3/c1-3-6-16-9-10(15)8-12(16)13(18)17-7-4-5-11(17)14(19)20-2/h8-9,11H,3-7H2,1-2H3. The average molecular weight is 299 g/mol. The third-order valence-corrected chi connectivity index (χ3v) is 3.74. The first-order chi connectivity index (χ1) is 9.58. The number of halogens is 1. The molecule has 2 rings (SSSR count). The highest BCUT2D eigenvalue weighted by Crippen LogP contribution is 2.23. The number of hydrogen-bond donors (Lipinski definition) is 0. The number of aromatic nitrogens is 1. The molecule has 5 nitrogen and oxygen atoms in total. The lowest BCUT2D eigenvalue weighted by atomic mass is 10.2. The molecule has 0 spiro atoms. The minimum atomic E-state index is -0.476. The van der Waals surface area contributed by atoms with Crippen LogP contribution in [0.3, 0.4) is 0 Å². The number of hydrogen-bond acceptors (Lipinski definition) is 3. The van der Waals surface area contributed by atoms with Crippen molar-refractivity contribution in [3.05, 3.63) is 23.0 Å². The Kier molecular flexibility index (Phi) is 4.70. The van der Waals surface area contributed by atoms with Crippen molar-refractivity contribution in [3.8, 4) is 0 Å². The Bertz CT molecular complexity index is 513. The Balaban J connectivity index is 2.24. The van der Waals surface area contributed by atoms with Crippen molar-refractivity contribution in [2.45, 2.75) is 38.8 Å². The molecule has 1 aromatic rings. The Morgan fingerprint density at radius 1 is 1.50 bits per heavy atom. The zero-order chi connectivity index (χ0) is 14.7. The van der Waals surface area contributed by atoms with Crippen molar-refractivity contribution >= 4 is 23.5 Å². The number of carbonyl (C=O) groups is 2. The summed E-state index contributed by atoms with van der Waals surface area (Å²) in [6.45, 7) is 3.34. The number of likely N-dealkylation sites (tertiary alicyclic amines) is 1. The Morgan fingerprint density at radius 3 is 2.90 bits per heavy atom. The summed E-state index contributed by atoms with van der Waals surface area (Å²) in [5.41, 5.74) is 0.535. The van der Waals surface area contributed by atoms with Crippen molar-refractivity contribution in [3.63, 3.8) is 0 Å². The molecule has 0 saturated carbocycles. The van der Waals surface area contributed by atoms with Gasteiger partial charge in [0.05, 0.1) is 12.1 Å². The zero-order valence-corrected chi connectivity index (χ0v) is 12.5. The first kappa shape index (κ1) is 14.9. The van der Waals surface area contributed by atoms with Crippen LogP contribution in [0.25, 0.3) is 0 Å². The molecule has 0 aromatic carbocycles. The van der Waals surface area contributed by atoms with E-state index in [4.69, 9.17) is 16.3 Å². The topological polar surface area (TPSA) is 51.5 Å². The number of rotatable bonds is 4. The van der Waals surface area contributed by atoms with E-state index in [2.05, 4.69) is 0 Å². The fourth-order valence-electron chi connectivity index (χ4n) is 2.62. The van der Waals surface area contributed by atoms with Gasteiger partial charge in [0.1, 0.15) is 11.7 Å². The predicted molar refractivity (Wildman–Crippen MR) is 75.8 cm³/mol. The van der Waals surface area contributed by atoms with E-state index in [0.717, 1.165) is 19.4 Å². The van der Waals surface area contributed by atoms with Gasteiger partial charge >= 0.3 is 5.97 Å². The summed E-state index contributed by atoms with van der Waals surface area (Å²) in [6.07, 6.45) is 4.13. The number of aryl methyl sites for hydroxylation is 1. The van der Waals surface area contributed by atoms with E-state index in [1.807, 2.05) is 11.5 Å². The Morgan fingerprint density at radius 2 is 2.25 bits per heavy atom. The molecule has 1 saturated heterocycles. The van der Waals surface area contributed by atoms with Gasteiger partial charge in [0.2, 0.25) is 0 Å². The largest absolute Gasteiger partial charge is 0.467 e. The Labute approximate surface area is 123 Å². The molecule has 110 valence electrons. The summed E-state index contributed by atoms with van der Waals surface area (Å²) in [7, 11) is 1.35. The van der Waals surface area contributed by atoms with Crippen LogP contribution in [0.5, 0.6) is 0 Å². The number of esters is 1. The lowest BCUT2D eigenvalue weighted by Gasteiger charge is -2.23. The van der Waals surface area contributed by atoms with Gasteiger partial charge in [-0.1, -0.05) is 18.5 Å². The van der Waals surface area contributed by atoms with E-state index < -0.39 is 6.04 Å². The zero-order valence-electron chi connectivity index (χ0n) is 11.8. The van der Waals surface area contributed by atoms with Crippen molar-refractivity contribution < 1.29 is 14.3 Å². The maximum atomic E-state index is 12.6. The lowest BCUT2D eigenvalue weighted by molar-refractivity contribution is -0.145. The molecule has 1 atom stereocenters. The molecular weight excluding hydrogens is 280 g/mol. The number of amides is 1. The molecule has 1 aromatic heterocycles. The second-order valence-electron chi connectivity index (χ2n) is 4.92. The number of nitrogens with zero attached hydrogens (tertiary/aromatic N) is 2. The van der Waals surface area contributed by atoms with Crippen LogP contribution in [0.15, 0.2) is 12.3 Å². The molecule has 1 unspecified atom stereocenters. The van der Waals surface area contributed by atoms with Gasteiger partial charge < -0.3 is 14.2 Å². The fourth-order valence-corrected chi connectivity index (χ4v) is 2.84. The van der Waals surface area contributed by atoms with Gasteiger partial charge in [-0.3, -0.25) is 4.79 Å². The normalized spacial score (nSPS) is 18.4. The first-order valence-electron chi connectivity index (χ1n) is 6.83. The van der Waals surface area contributed by atoms with E-state index in [9.17, 15) is 9.59 Å². The van der Waals surface area contributed by atoms with Crippen LogP contribution in [0, 0.1) is 0 Å². The molecule has 2 heterocycles. The average Bonchev–Trinajstić information content (AvgIpc) is 3.04. The van der Waals surface area contributed by atoms with Crippen molar-refractivity contribution in [2.75, 3.05) is 13.7 Å². The third kappa shape index (κ3) is 2.82. The van der Waals surface area contributed by atoms with Crippen LogP contribution in [-0.2, 0) is 16.1 Å². The van der Waals surface area contributed by atoms with Crippen molar-refractivity contribution in [1.29, 1.82) is 0 Å². The highest BCUT2D eigenvalue weighted by Gasteiger charge is 2.36. The molecule has 1 fully saturated rings. The molecule has 6 heteroatoms. The first-order valence-corrected chi connectivity index (χ1v) is 7.20. The summed E-state index contributed by atoms with van der Waals surface area (Å²) in [5.74, 6) is -0.506. The van der Waals surface area contributed by atoms with Gasteiger partial charge in [0.25, 0.3) is 5.91 Å². The van der Waals surface area contributed by atoms with Gasteiger partial charge in [-0.05, 0) is 25.3 Å². The summed E-state index contributed by atoms with van der Waals surface area (Å²) >= 11 is 6.00. The van der Waals surface area contributed by atoms with E-state index in [1.54, 1.807) is 17.2 Å². The molecule has 1 amide bonds. The third-order valence-electron chi connectivity index (χ3n) is 3.53. The molecule has 0 N–H and O–H groups in total. The van der Waals surface area contributed by atoms with Crippen LogP contribution in [0.2, 0.25) is 5.02 Å². The SMILES string of the molecule is CCCn1cc(Cl)cc1C(=O)N1CCCC1C(=O)OC. The monoisotopic (exact) mass is 298 g/mol. The van der Waals surface area contributed by atoms with Gasteiger partial charge in [-0.25, -0.2) is 4.79 Å². The van der Waals surface area contributed by atoms with Gasteiger partial charge in [-0.15, -0.1) is 0 Å². The predicted octanol–water partition coefficient (Wildman–Crippen LogP) is 2.33. The van der Waals surface area contributed by atoms with Crippen molar-refractivity contribution in [1.82, 2.24) is 9.47 Å². The quantitative estimate of drug-likeness (QED) is 0.802. The molecule has 0 radical (unpaired) electrons. The van der Waals surface area contributed by atoms with E-state index in [1.165, 1.54) is 7.11 Å². The highest BCUT2D eigenvalue weighted by atomic mass is 35.5. The smallest absolute Gasteiger partial charge is 0.328 e.